The van der Waals surface area contributed by atoms with Gasteiger partial charge < -0.3 is 18.9 Å². The normalized spacial score (nSPS) is 9.72. The van der Waals surface area contributed by atoms with Crippen molar-refractivity contribution in [2.45, 2.75) is 19.8 Å². The smallest absolute Gasteiger partial charge is 0.759 e. The molecule has 0 aliphatic rings. The second-order valence-electron chi connectivity index (χ2n) is 3.08. The number of phenolic OH excluding ortho intramolecular Hbond substituents is 1. The van der Waals surface area contributed by atoms with Gasteiger partial charge in [-0.1, -0.05) is 25.5 Å². The third kappa shape index (κ3) is 13.5. The van der Waals surface area contributed by atoms with Crippen LogP contribution in [0.3, 0.4) is 0 Å². The van der Waals surface area contributed by atoms with E-state index in [2.05, 4.69) is 6.92 Å². The second kappa shape index (κ2) is 10.4. The molecule has 0 aliphatic carbocycles. The van der Waals surface area contributed by atoms with Crippen molar-refractivity contribution in [3.8, 4) is 11.5 Å². The molecule has 0 fully saturated rings. The van der Waals surface area contributed by atoms with E-state index in [0.717, 1.165) is 12.8 Å². The van der Waals surface area contributed by atoms with Crippen molar-refractivity contribution >= 4 is 33.5 Å². The Kier molecular flexibility index (Phi) is 11.4. The van der Waals surface area contributed by atoms with Crippen molar-refractivity contribution in [1.29, 1.82) is 0 Å². The zero-order valence-corrected chi connectivity index (χ0v) is 12.3. The van der Waals surface area contributed by atoms with Gasteiger partial charge in [0, 0.05) is 10.4 Å². The van der Waals surface area contributed by atoms with Gasteiger partial charge in [0.15, 0.2) is 11.5 Å². The number of ether oxygens (including phenoxy) is 1. The maximum atomic E-state index is 9.28. The summed E-state index contributed by atoms with van der Waals surface area (Å²) >= 11 is 0. The van der Waals surface area contributed by atoms with Gasteiger partial charge in [-0.05, 0) is 18.6 Å². The number of aromatic hydroxyl groups is 1. The Morgan fingerprint density at radius 3 is 2.22 bits per heavy atom. The average molecular weight is 287 g/mol. The Hall–Kier alpha value is -0.544. The Bertz CT molecular complexity index is 412. The zero-order valence-electron chi connectivity index (χ0n) is 10.0. The van der Waals surface area contributed by atoms with Crippen LogP contribution < -0.4 is 4.74 Å². The second-order valence-corrected chi connectivity index (χ2v) is 3.89. The molecule has 0 heterocycles. The first-order valence-corrected chi connectivity index (χ1v) is 6.25. The van der Waals surface area contributed by atoms with Crippen molar-refractivity contribution in [1.82, 2.24) is 0 Å². The molecule has 98 valence electrons. The summed E-state index contributed by atoms with van der Waals surface area (Å²) < 4.78 is 39.4. The monoisotopic (exact) mass is 286 g/mol. The zero-order chi connectivity index (χ0) is 13.3. The Morgan fingerprint density at radius 1 is 1.28 bits per heavy atom. The predicted octanol–water partition coefficient (Wildman–Crippen LogP) is 0.852. The van der Waals surface area contributed by atoms with Crippen LogP contribution in [0.4, 0.5) is 0 Å². The van der Waals surface area contributed by atoms with E-state index in [4.69, 9.17) is 22.3 Å². The number of hydrogen-bond donors (Lipinski definition) is 1. The molecule has 0 saturated carbocycles. The summed E-state index contributed by atoms with van der Waals surface area (Å²) in [6.45, 7) is 2.78. The quantitative estimate of drug-likeness (QED) is 0.380. The number of benzene rings is 1. The van der Waals surface area contributed by atoms with Gasteiger partial charge in [0.25, 0.3) is 0 Å². The molecule has 1 rings (SSSR count). The van der Waals surface area contributed by atoms with Crippen LogP contribution in [0.15, 0.2) is 24.3 Å². The molecule has 18 heavy (non-hydrogen) atoms. The molecular formula is C10H14MgO6S. The molecule has 6 nitrogen and oxygen atoms in total. The summed E-state index contributed by atoms with van der Waals surface area (Å²) in [5.74, 6) is 0.791. The van der Waals surface area contributed by atoms with Crippen molar-refractivity contribution in [2.24, 2.45) is 0 Å². The molecular weight excluding hydrogens is 272 g/mol. The molecule has 0 radical (unpaired) electrons. The fraction of sp³-hybridized carbons (Fsp3) is 0.400. The summed E-state index contributed by atoms with van der Waals surface area (Å²) in [5, 5.41) is 9.28. The molecule has 0 aromatic heterocycles. The molecule has 0 unspecified atom stereocenters. The third-order valence-corrected chi connectivity index (χ3v) is 1.62. The minimum atomic E-state index is -5.17. The van der Waals surface area contributed by atoms with E-state index in [-0.39, 0.29) is 28.8 Å². The van der Waals surface area contributed by atoms with Crippen LogP contribution in [0.5, 0.6) is 11.5 Å². The van der Waals surface area contributed by atoms with Gasteiger partial charge in [-0.25, -0.2) is 0 Å². The summed E-state index contributed by atoms with van der Waals surface area (Å²) in [5.41, 5.74) is 0. The maximum Gasteiger partial charge on any atom is 2.00 e. The van der Waals surface area contributed by atoms with Gasteiger partial charge in [0.1, 0.15) is 0 Å². The molecule has 0 aliphatic heterocycles. The molecule has 1 aromatic carbocycles. The number of hydrogen-bond acceptors (Lipinski definition) is 6. The molecule has 0 amide bonds. The average Bonchev–Trinajstić information content (AvgIpc) is 2.19. The minimum absolute atomic E-state index is 0. The van der Waals surface area contributed by atoms with E-state index in [1.165, 1.54) is 0 Å². The van der Waals surface area contributed by atoms with E-state index in [0.29, 0.717) is 12.4 Å². The standard InChI is InChI=1S/C10H14O2.Mg.H2O4S/c1-2-3-8-12-10-7-5-4-6-9(10)11;;1-5(2,3)4/h4-7,11H,2-3,8H2,1H3;;(H2,1,2,3,4)/q;+2;/p-2. The van der Waals surface area contributed by atoms with Crippen molar-refractivity contribution in [3.05, 3.63) is 24.3 Å². The van der Waals surface area contributed by atoms with Crippen LogP contribution >= 0.6 is 0 Å². The topological polar surface area (TPSA) is 110 Å². The summed E-state index contributed by atoms with van der Waals surface area (Å²) in [7, 11) is -5.17. The van der Waals surface area contributed by atoms with Crippen LogP contribution in [0.2, 0.25) is 0 Å². The molecule has 1 N–H and O–H groups in total. The van der Waals surface area contributed by atoms with E-state index in [1.807, 2.05) is 6.07 Å². The number of unbranched alkanes of at least 4 members (excludes halogenated alkanes) is 1. The fourth-order valence-electron chi connectivity index (χ4n) is 0.906. The first-order chi connectivity index (χ1) is 7.84. The van der Waals surface area contributed by atoms with E-state index < -0.39 is 10.4 Å². The van der Waals surface area contributed by atoms with Gasteiger partial charge in [-0.2, -0.15) is 0 Å². The molecule has 0 atom stereocenters. The largest absolute Gasteiger partial charge is 2.00 e. The van der Waals surface area contributed by atoms with Gasteiger partial charge in [-0.15, -0.1) is 0 Å². The molecule has 0 bridgehead atoms. The summed E-state index contributed by atoms with van der Waals surface area (Å²) in [6, 6.07) is 7.02. The van der Waals surface area contributed by atoms with Gasteiger partial charge in [0.05, 0.1) is 6.61 Å². The van der Waals surface area contributed by atoms with E-state index in [1.54, 1.807) is 18.2 Å². The van der Waals surface area contributed by atoms with E-state index in [9.17, 15) is 5.11 Å². The Balaban J connectivity index is 0. The summed E-state index contributed by atoms with van der Waals surface area (Å²) in [4.78, 5) is 0. The molecule has 0 saturated heterocycles. The van der Waals surface area contributed by atoms with Crippen LogP contribution in [0, 0.1) is 0 Å². The summed E-state index contributed by atoms with van der Waals surface area (Å²) in [6.07, 6.45) is 2.13. The predicted molar refractivity (Wildman–Crippen MR) is 64.7 cm³/mol. The van der Waals surface area contributed by atoms with Crippen molar-refractivity contribution in [2.75, 3.05) is 6.61 Å². The van der Waals surface area contributed by atoms with Gasteiger partial charge in [-0.3, -0.25) is 8.42 Å². The third-order valence-electron chi connectivity index (χ3n) is 1.62. The Labute approximate surface area is 123 Å². The molecule has 1 aromatic rings. The van der Waals surface area contributed by atoms with E-state index >= 15 is 0 Å². The van der Waals surface area contributed by atoms with Crippen LogP contribution in [0.1, 0.15) is 19.8 Å². The molecule has 8 heteroatoms. The van der Waals surface area contributed by atoms with Crippen LogP contribution in [-0.4, -0.2) is 52.3 Å². The number of phenols is 1. The minimum Gasteiger partial charge on any atom is -0.759 e. The van der Waals surface area contributed by atoms with Crippen molar-refractivity contribution < 1.29 is 27.4 Å². The first kappa shape index (κ1) is 19.8. The Morgan fingerprint density at radius 2 is 1.78 bits per heavy atom. The number of rotatable bonds is 4. The fourth-order valence-corrected chi connectivity index (χ4v) is 0.906. The van der Waals surface area contributed by atoms with Crippen LogP contribution in [-0.2, 0) is 10.4 Å². The van der Waals surface area contributed by atoms with Crippen molar-refractivity contribution in [3.63, 3.8) is 0 Å². The van der Waals surface area contributed by atoms with Gasteiger partial charge >= 0.3 is 23.1 Å². The SMILES string of the molecule is CCCCOc1ccccc1O.O=S(=O)([O-])[O-].[Mg+2]. The maximum absolute atomic E-state index is 9.28. The first-order valence-electron chi connectivity index (χ1n) is 4.92. The van der Waals surface area contributed by atoms with Crippen LogP contribution in [0.25, 0.3) is 0 Å². The molecule has 0 spiro atoms. The van der Waals surface area contributed by atoms with Gasteiger partial charge in [0.2, 0.25) is 0 Å². The number of para-hydroxylation sites is 2.